The van der Waals surface area contributed by atoms with E-state index in [0.29, 0.717) is 5.56 Å². The topological polar surface area (TPSA) is 38.3 Å². The molecule has 2 rings (SSSR count). The Morgan fingerprint density at radius 2 is 2.06 bits per heavy atom. The third-order valence-corrected chi connectivity index (χ3v) is 3.16. The highest BCUT2D eigenvalue weighted by Gasteiger charge is 2.41. The molecule has 1 aromatic carbocycles. The molecule has 1 unspecified atom stereocenters. The first-order valence-corrected chi connectivity index (χ1v) is 5.79. The molecule has 3 nitrogen and oxygen atoms in total. The van der Waals surface area contributed by atoms with Gasteiger partial charge >= 0.3 is 5.97 Å². The zero-order valence-electron chi connectivity index (χ0n) is 10.3. The lowest BCUT2D eigenvalue weighted by Crippen LogP contribution is -2.48. The number of carbonyl (C=O) groups is 1. The second-order valence-electron chi connectivity index (χ2n) is 4.66. The van der Waals surface area contributed by atoms with Crippen molar-refractivity contribution in [1.29, 1.82) is 0 Å². The van der Waals surface area contributed by atoms with E-state index in [1.54, 1.807) is 6.92 Å². The van der Waals surface area contributed by atoms with Crippen molar-refractivity contribution >= 4 is 5.97 Å². The van der Waals surface area contributed by atoms with Gasteiger partial charge < -0.3 is 4.74 Å². The molecule has 0 aromatic heterocycles. The van der Waals surface area contributed by atoms with E-state index in [4.69, 9.17) is 4.74 Å². The van der Waals surface area contributed by atoms with Crippen molar-refractivity contribution < 1.29 is 18.3 Å². The van der Waals surface area contributed by atoms with Crippen LogP contribution in [0.1, 0.15) is 25.3 Å². The normalized spacial score (nSPS) is 18.2. The highest BCUT2D eigenvalue weighted by molar-refractivity contribution is 5.82. The third kappa shape index (κ3) is 2.36. The van der Waals surface area contributed by atoms with Crippen molar-refractivity contribution in [2.45, 2.75) is 31.3 Å². The van der Waals surface area contributed by atoms with Crippen LogP contribution in [0, 0.1) is 11.6 Å². The fraction of sp³-hybridized carbons (Fsp3) is 0.462. The van der Waals surface area contributed by atoms with Gasteiger partial charge in [-0.05, 0) is 37.5 Å². The molecule has 18 heavy (non-hydrogen) atoms. The number of rotatable bonds is 4. The van der Waals surface area contributed by atoms with E-state index in [1.807, 2.05) is 0 Å². The monoisotopic (exact) mass is 255 g/mol. The number of carbonyl (C=O) groups excluding carboxylic acids is 1. The van der Waals surface area contributed by atoms with Gasteiger partial charge in [-0.3, -0.25) is 5.32 Å². The van der Waals surface area contributed by atoms with E-state index < -0.39 is 23.1 Å². The SMILES string of the molecule is COC(=O)C(C)(NC1CC1)c1ccc(F)c(F)c1. The number of hydrogen-bond acceptors (Lipinski definition) is 3. The van der Waals surface area contributed by atoms with Gasteiger partial charge in [0.2, 0.25) is 0 Å². The number of benzene rings is 1. The molecule has 0 aliphatic heterocycles. The van der Waals surface area contributed by atoms with E-state index in [9.17, 15) is 13.6 Å². The quantitative estimate of drug-likeness (QED) is 0.837. The lowest BCUT2D eigenvalue weighted by atomic mass is 9.91. The molecule has 5 heteroatoms. The summed E-state index contributed by atoms with van der Waals surface area (Å²) < 4.78 is 31.0. The molecular formula is C13H15F2NO2. The molecule has 0 saturated heterocycles. The molecule has 1 atom stereocenters. The van der Waals surface area contributed by atoms with Crippen molar-refractivity contribution in [2.24, 2.45) is 0 Å². The van der Waals surface area contributed by atoms with E-state index in [0.717, 1.165) is 25.0 Å². The van der Waals surface area contributed by atoms with Gasteiger partial charge in [0.1, 0.15) is 5.54 Å². The van der Waals surface area contributed by atoms with E-state index in [2.05, 4.69) is 5.32 Å². The lowest BCUT2D eigenvalue weighted by Gasteiger charge is -2.28. The minimum absolute atomic E-state index is 0.224. The summed E-state index contributed by atoms with van der Waals surface area (Å²) in [6.45, 7) is 1.61. The summed E-state index contributed by atoms with van der Waals surface area (Å²) in [4.78, 5) is 11.9. The molecule has 1 aliphatic carbocycles. The van der Waals surface area contributed by atoms with Gasteiger partial charge in [0.25, 0.3) is 0 Å². The highest BCUT2D eigenvalue weighted by atomic mass is 19.2. The van der Waals surface area contributed by atoms with E-state index >= 15 is 0 Å². The van der Waals surface area contributed by atoms with Gasteiger partial charge in [0, 0.05) is 6.04 Å². The maximum Gasteiger partial charge on any atom is 0.330 e. The van der Waals surface area contributed by atoms with Crippen molar-refractivity contribution in [3.63, 3.8) is 0 Å². The summed E-state index contributed by atoms with van der Waals surface area (Å²) in [5.41, 5.74) is -0.787. The summed E-state index contributed by atoms with van der Waals surface area (Å²) in [6.07, 6.45) is 1.94. The van der Waals surface area contributed by atoms with Crippen LogP contribution in [0.15, 0.2) is 18.2 Å². The Hall–Kier alpha value is -1.49. The van der Waals surface area contributed by atoms with Crippen LogP contribution in [0.5, 0.6) is 0 Å². The molecule has 1 N–H and O–H groups in total. The Balaban J connectivity index is 2.37. The summed E-state index contributed by atoms with van der Waals surface area (Å²) >= 11 is 0. The van der Waals surface area contributed by atoms with Crippen LogP contribution >= 0.6 is 0 Å². The number of nitrogens with one attached hydrogen (secondary N) is 1. The number of hydrogen-bond donors (Lipinski definition) is 1. The predicted octanol–water partition coefficient (Wildman–Crippen LogP) is 2.10. The summed E-state index contributed by atoms with van der Waals surface area (Å²) in [6, 6.07) is 3.66. The van der Waals surface area contributed by atoms with Gasteiger partial charge in [-0.25, -0.2) is 13.6 Å². The van der Waals surface area contributed by atoms with Gasteiger partial charge in [-0.2, -0.15) is 0 Å². The molecule has 1 aromatic rings. The fourth-order valence-corrected chi connectivity index (χ4v) is 1.91. The van der Waals surface area contributed by atoms with Crippen molar-refractivity contribution in [2.75, 3.05) is 7.11 Å². The van der Waals surface area contributed by atoms with Gasteiger partial charge in [-0.15, -0.1) is 0 Å². The minimum Gasteiger partial charge on any atom is -0.467 e. The first kappa shape index (κ1) is 13.0. The van der Waals surface area contributed by atoms with Crippen LogP contribution in [-0.4, -0.2) is 19.1 Å². The van der Waals surface area contributed by atoms with Gasteiger partial charge in [0.15, 0.2) is 11.6 Å². The number of methoxy groups -OCH3 is 1. The van der Waals surface area contributed by atoms with Crippen molar-refractivity contribution in [3.8, 4) is 0 Å². The summed E-state index contributed by atoms with van der Waals surface area (Å²) in [5, 5.41) is 3.12. The summed E-state index contributed by atoms with van der Waals surface area (Å²) in [7, 11) is 1.27. The zero-order chi connectivity index (χ0) is 13.3. The Kier molecular flexibility index (Phi) is 3.34. The second-order valence-corrected chi connectivity index (χ2v) is 4.66. The van der Waals surface area contributed by atoms with Crippen LogP contribution in [0.3, 0.4) is 0 Å². The molecule has 0 amide bonds. The first-order chi connectivity index (χ1) is 8.47. The van der Waals surface area contributed by atoms with Gasteiger partial charge in [0.05, 0.1) is 7.11 Å². The lowest BCUT2D eigenvalue weighted by molar-refractivity contribution is -0.148. The van der Waals surface area contributed by atoms with Crippen LogP contribution in [-0.2, 0) is 15.1 Å². The maximum atomic E-state index is 13.3. The van der Waals surface area contributed by atoms with Gasteiger partial charge in [-0.1, -0.05) is 6.07 Å². The highest BCUT2D eigenvalue weighted by Crippen LogP contribution is 2.30. The molecular weight excluding hydrogens is 240 g/mol. The molecule has 98 valence electrons. The first-order valence-electron chi connectivity index (χ1n) is 5.79. The molecule has 0 heterocycles. The molecule has 1 fully saturated rings. The van der Waals surface area contributed by atoms with E-state index in [-0.39, 0.29) is 6.04 Å². The number of esters is 1. The average Bonchev–Trinajstić information content (AvgIpc) is 3.15. The molecule has 0 bridgehead atoms. The Morgan fingerprint density at radius 1 is 1.39 bits per heavy atom. The average molecular weight is 255 g/mol. The van der Waals surface area contributed by atoms with Crippen LogP contribution < -0.4 is 5.32 Å². The maximum absolute atomic E-state index is 13.3. The second kappa shape index (κ2) is 4.65. The smallest absolute Gasteiger partial charge is 0.330 e. The largest absolute Gasteiger partial charge is 0.467 e. The van der Waals surface area contributed by atoms with Crippen molar-refractivity contribution in [1.82, 2.24) is 5.32 Å². The summed E-state index contributed by atoms with van der Waals surface area (Å²) in [5.74, 6) is -2.42. The number of halogens is 2. The van der Waals surface area contributed by atoms with E-state index in [1.165, 1.54) is 13.2 Å². The predicted molar refractivity (Wildman–Crippen MR) is 61.9 cm³/mol. The van der Waals surface area contributed by atoms with Crippen LogP contribution in [0.2, 0.25) is 0 Å². The molecule has 0 spiro atoms. The Labute approximate surface area is 104 Å². The standard InChI is InChI=1S/C13H15F2NO2/c1-13(12(17)18-2,16-9-4-5-9)8-3-6-10(14)11(15)7-8/h3,6-7,9,16H,4-5H2,1-2H3. The molecule has 1 saturated carbocycles. The molecule has 0 radical (unpaired) electrons. The minimum atomic E-state index is -1.15. The van der Waals surface area contributed by atoms with Crippen LogP contribution in [0.25, 0.3) is 0 Å². The third-order valence-electron chi connectivity index (χ3n) is 3.16. The fourth-order valence-electron chi connectivity index (χ4n) is 1.91. The molecule has 1 aliphatic rings. The Morgan fingerprint density at radius 3 is 2.56 bits per heavy atom. The van der Waals surface area contributed by atoms with Crippen LogP contribution in [0.4, 0.5) is 8.78 Å². The number of ether oxygens (including phenoxy) is 1. The van der Waals surface area contributed by atoms with Crippen molar-refractivity contribution in [3.05, 3.63) is 35.4 Å². The Bertz CT molecular complexity index is 474. The zero-order valence-corrected chi connectivity index (χ0v) is 10.3.